The summed E-state index contributed by atoms with van der Waals surface area (Å²) in [6.45, 7) is 1.34. The number of benzene rings is 1. The van der Waals surface area contributed by atoms with Crippen LogP contribution in [0.15, 0.2) is 28.0 Å². The van der Waals surface area contributed by atoms with Gasteiger partial charge in [-0.3, -0.25) is 0 Å². The third-order valence-electron chi connectivity index (χ3n) is 4.77. The Kier molecular flexibility index (Phi) is 5.21. The molecule has 2 aliphatic rings. The molecule has 0 unspecified atom stereocenters. The van der Waals surface area contributed by atoms with Gasteiger partial charge in [0.05, 0.1) is 10.6 Å². The summed E-state index contributed by atoms with van der Waals surface area (Å²) in [5, 5.41) is 8.15. The van der Waals surface area contributed by atoms with E-state index >= 15 is 0 Å². The molecule has 0 bridgehead atoms. The van der Waals surface area contributed by atoms with Crippen LogP contribution in [0.5, 0.6) is 0 Å². The average Bonchev–Trinajstić information content (AvgIpc) is 3.39. The fraction of sp³-hybridized carbons (Fsp3) is 0.600. The maximum atomic E-state index is 13.3. The molecule has 2 fully saturated rings. The monoisotopic (exact) mass is 427 g/mol. The highest BCUT2D eigenvalue weighted by Gasteiger charge is 2.50. The van der Waals surface area contributed by atoms with E-state index in [0.29, 0.717) is 32.0 Å². The van der Waals surface area contributed by atoms with Gasteiger partial charge in [-0.2, -0.15) is 13.2 Å². The first-order chi connectivity index (χ1) is 12.4. The van der Waals surface area contributed by atoms with E-state index < -0.39 is 35.2 Å². The topological polar surface area (TPSA) is 110 Å². The van der Waals surface area contributed by atoms with Gasteiger partial charge >= 0.3 is 5.51 Å². The molecule has 0 atom stereocenters. The average molecular weight is 427 g/mol. The highest BCUT2D eigenvalue weighted by molar-refractivity contribution is 7.92. The molecule has 1 aliphatic carbocycles. The van der Waals surface area contributed by atoms with Crippen molar-refractivity contribution in [2.75, 3.05) is 18.0 Å². The Morgan fingerprint density at radius 3 is 2.04 bits per heavy atom. The number of halogens is 3. The third-order valence-corrected chi connectivity index (χ3v) is 7.20. The Balaban J connectivity index is 2.19. The third kappa shape index (κ3) is 4.08. The van der Waals surface area contributed by atoms with Crippen LogP contribution in [-0.2, 0) is 19.9 Å². The van der Waals surface area contributed by atoms with Crippen LogP contribution in [0, 0.1) is 0 Å². The maximum Gasteiger partial charge on any atom is 0.501 e. The van der Waals surface area contributed by atoms with Gasteiger partial charge in [0.2, 0.25) is 10.0 Å². The van der Waals surface area contributed by atoms with E-state index in [0.717, 1.165) is 25.0 Å². The second-order valence-electron chi connectivity index (χ2n) is 6.74. The molecule has 7 nitrogen and oxygen atoms in total. The molecule has 1 saturated heterocycles. The molecule has 0 aromatic heterocycles. The Morgan fingerprint density at radius 2 is 1.56 bits per heavy atom. The zero-order chi connectivity index (χ0) is 20.0. The summed E-state index contributed by atoms with van der Waals surface area (Å²) < 4.78 is 87.3. The Labute approximate surface area is 155 Å². The number of anilines is 1. The Hall–Kier alpha value is -1.37. The first-order valence-corrected chi connectivity index (χ1v) is 11.4. The highest BCUT2D eigenvalue weighted by Crippen LogP contribution is 2.42. The Bertz CT molecular complexity index is 922. The molecular formula is C15H20F3N3O4S2. The lowest BCUT2D eigenvalue weighted by molar-refractivity contribution is -0.0436. The van der Waals surface area contributed by atoms with Gasteiger partial charge in [-0.1, -0.05) is 0 Å². The number of nitrogens with two attached hydrogens (primary N) is 1. The predicted molar refractivity (Wildman–Crippen MR) is 92.4 cm³/mol. The minimum absolute atomic E-state index is 0.0596. The van der Waals surface area contributed by atoms with Crippen molar-refractivity contribution in [2.45, 2.75) is 53.1 Å². The van der Waals surface area contributed by atoms with Gasteiger partial charge in [-0.05, 0) is 57.0 Å². The standard InChI is InChI=1S/C15H20F3N3O4S2/c16-15(17,18)26(22,23)14-9-12(27(19,24)25)3-4-13(14)21(10-1-2-10)11-5-7-20-8-6-11/h3-4,9-11,20H,1-2,5-8H2,(H2,19,24,25). The van der Waals surface area contributed by atoms with Crippen molar-refractivity contribution in [2.24, 2.45) is 5.14 Å². The summed E-state index contributed by atoms with van der Waals surface area (Å²) in [4.78, 5) is -0.0195. The summed E-state index contributed by atoms with van der Waals surface area (Å²) in [5.41, 5.74) is -5.67. The fourth-order valence-corrected chi connectivity index (χ4v) is 4.95. The van der Waals surface area contributed by atoms with Crippen LogP contribution < -0.4 is 15.4 Å². The van der Waals surface area contributed by atoms with E-state index in [9.17, 15) is 30.0 Å². The first kappa shape index (κ1) is 20.4. The molecule has 1 aromatic carbocycles. The van der Waals surface area contributed by atoms with Gasteiger partial charge in [-0.15, -0.1) is 0 Å². The van der Waals surface area contributed by atoms with Crippen molar-refractivity contribution in [3.05, 3.63) is 18.2 Å². The minimum atomic E-state index is -5.76. The maximum absolute atomic E-state index is 13.3. The number of hydrogen-bond donors (Lipinski definition) is 2. The van der Waals surface area contributed by atoms with Crippen LogP contribution in [0.4, 0.5) is 18.9 Å². The quantitative estimate of drug-likeness (QED) is 0.734. The summed E-state index contributed by atoms with van der Waals surface area (Å²) in [5.74, 6) is 0. The van der Waals surface area contributed by atoms with Crippen LogP contribution in [0.25, 0.3) is 0 Å². The predicted octanol–water partition coefficient (Wildman–Crippen LogP) is 1.35. The molecule has 1 aliphatic heterocycles. The number of alkyl halides is 3. The molecule has 0 amide bonds. The lowest BCUT2D eigenvalue weighted by atomic mass is 10.0. The number of sulfonamides is 1. The van der Waals surface area contributed by atoms with E-state index in [1.807, 2.05) is 0 Å². The fourth-order valence-electron chi connectivity index (χ4n) is 3.35. The van der Waals surface area contributed by atoms with E-state index in [-0.39, 0.29) is 17.8 Å². The normalized spacial score (nSPS) is 19.9. The Morgan fingerprint density at radius 1 is 1.00 bits per heavy atom. The molecular weight excluding hydrogens is 407 g/mol. The molecule has 152 valence electrons. The zero-order valence-electron chi connectivity index (χ0n) is 14.2. The summed E-state index contributed by atoms with van der Waals surface area (Å²) in [6.07, 6.45) is 2.79. The highest BCUT2D eigenvalue weighted by atomic mass is 32.2. The van der Waals surface area contributed by atoms with Gasteiger partial charge in [0, 0.05) is 12.1 Å². The lowest BCUT2D eigenvalue weighted by Crippen LogP contribution is -2.45. The van der Waals surface area contributed by atoms with Gasteiger partial charge in [0.15, 0.2) is 0 Å². The molecule has 3 rings (SSSR count). The van der Waals surface area contributed by atoms with E-state index in [4.69, 9.17) is 5.14 Å². The van der Waals surface area contributed by atoms with E-state index in [1.165, 1.54) is 0 Å². The van der Waals surface area contributed by atoms with Crippen LogP contribution >= 0.6 is 0 Å². The number of rotatable bonds is 5. The lowest BCUT2D eigenvalue weighted by Gasteiger charge is -2.37. The molecule has 1 aromatic rings. The first-order valence-electron chi connectivity index (χ1n) is 8.40. The van der Waals surface area contributed by atoms with E-state index in [1.54, 1.807) is 4.90 Å². The number of sulfone groups is 1. The second kappa shape index (κ2) is 6.90. The van der Waals surface area contributed by atoms with Crippen molar-refractivity contribution < 1.29 is 30.0 Å². The van der Waals surface area contributed by atoms with Crippen LogP contribution in [0.2, 0.25) is 0 Å². The summed E-state index contributed by atoms with van der Waals surface area (Å²) >= 11 is 0. The molecule has 1 heterocycles. The van der Waals surface area contributed by atoms with Crippen LogP contribution in [0.1, 0.15) is 25.7 Å². The molecule has 0 radical (unpaired) electrons. The van der Waals surface area contributed by atoms with Gasteiger partial charge in [0.1, 0.15) is 4.90 Å². The number of piperidine rings is 1. The molecule has 27 heavy (non-hydrogen) atoms. The number of nitrogens with one attached hydrogen (secondary N) is 1. The number of hydrogen-bond acceptors (Lipinski definition) is 6. The second-order valence-corrected chi connectivity index (χ2v) is 10.2. The number of primary sulfonamides is 1. The SMILES string of the molecule is NS(=O)(=O)c1ccc(N(C2CCNCC2)C2CC2)c(S(=O)(=O)C(F)(F)F)c1. The van der Waals surface area contributed by atoms with Crippen LogP contribution in [-0.4, -0.2) is 47.5 Å². The smallest absolute Gasteiger partial charge is 0.364 e. The molecule has 1 saturated carbocycles. The van der Waals surface area contributed by atoms with Crippen molar-refractivity contribution in [3.63, 3.8) is 0 Å². The summed E-state index contributed by atoms with van der Waals surface area (Å²) in [6, 6.07) is 2.51. The summed E-state index contributed by atoms with van der Waals surface area (Å²) in [7, 11) is -10.1. The number of nitrogens with zero attached hydrogens (tertiary/aromatic N) is 1. The molecule has 3 N–H and O–H groups in total. The van der Waals surface area contributed by atoms with Gasteiger partial charge in [-0.25, -0.2) is 22.0 Å². The zero-order valence-corrected chi connectivity index (χ0v) is 15.9. The van der Waals surface area contributed by atoms with Crippen molar-refractivity contribution in [3.8, 4) is 0 Å². The molecule has 0 spiro atoms. The van der Waals surface area contributed by atoms with Gasteiger partial charge in [0.25, 0.3) is 9.84 Å². The molecule has 12 heteroatoms. The van der Waals surface area contributed by atoms with Crippen molar-refractivity contribution >= 4 is 25.5 Å². The minimum Gasteiger partial charge on any atom is -0.364 e. The van der Waals surface area contributed by atoms with Crippen molar-refractivity contribution in [1.82, 2.24) is 5.32 Å². The van der Waals surface area contributed by atoms with Gasteiger partial charge < -0.3 is 10.2 Å². The van der Waals surface area contributed by atoms with E-state index in [2.05, 4.69) is 5.32 Å². The largest absolute Gasteiger partial charge is 0.501 e. The van der Waals surface area contributed by atoms with Crippen molar-refractivity contribution in [1.29, 1.82) is 0 Å². The van der Waals surface area contributed by atoms with Crippen LogP contribution in [0.3, 0.4) is 0 Å².